The maximum atomic E-state index is 13.2. The number of amides is 1. The van der Waals surface area contributed by atoms with Crippen molar-refractivity contribution in [2.45, 2.75) is 188 Å². The Morgan fingerprint density at radius 3 is 1.17 bits per heavy atom. The molecular formula is C40H79N2O5+. The number of quaternary nitrogens is 1. The Kier molecular flexibility index (Phi) is 33.1. The van der Waals surface area contributed by atoms with E-state index in [0.29, 0.717) is 26.1 Å². The predicted octanol–water partition coefficient (Wildman–Crippen LogP) is 9.16. The van der Waals surface area contributed by atoms with Crippen LogP contribution in [-0.4, -0.2) is 62.6 Å². The molecule has 0 radical (unpaired) electrons. The van der Waals surface area contributed by atoms with Gasteiger partial charge in [0, 0.05) is 0 Å². The molecule has 0 heterocycles. The van der Waals surface area contributed by atoms with E-state index >= 15 is 0 Å². The van der Waals surface area contributed by atoms with E-state index < -0.39 is 0 Å². The lowest BCUT2D eigenvalue weighted by Gasteiger charge is -2.24. The number of hydrogen-bond donors (Lipinski definition) is 1. The van der Waals surface area contributed by atoms with Gasteiger partial charge in [0.2, 0.25) is 5.91 Å². The Morgan fingerprint density at radius 1 is 0.511 bits per heavy atom. The van der Waals surface area contributed by atoms with E-state index in [1.54, 1.807) is 4.90 Å². The topological polar surface area (TPSA) is 89.5 Å². The van der Waals surface area contributed by atoms with E-state index in [1.807, 2.05) is 12.4 Å². The summed E-state index contributed by atoms with van der Waals surface area (Å²) in [5, 5.41) is 1.99. The second-order valence-corrected chi connectivity index (χ2v) is 13.9. The summed E-state index contributed by atoms with van der Waals surface area (Å²) in [5.74, 6) is -0.327. The Morgan fingerprint density at radius 2 is 0.830 bits per heavy atom. The van der Waals surface area contributed by atoms with Gasteiger partial charge in [-0.1, -0.05) is 156 Å². The lowest BCUT2D eigenvalue weighted by molar-refractivity contribution is -0.625. The average molecular weight is 668 g/mol. The van der Waals surface area contributed by atoms with Gasteiger partial charge < -0.3 is 19.7 Å². The molecule has 47 heavy (non-hydrogen) atoms. The first-order valence-electron chi connectivity index (χ1n) is 20.3. The fraction of sp³-hybridized carbons (Fsp3) is 0.925. The highest BCUT2D eigenvalue weighted by atomic mass is 16.5. The van der Waals surface area contributed by atoms with Crippen LogP contribution in [0.1, 0.15) is 188 Å². The van der Waals surface area contributed by atoms with Crippen LogP contribution in [0.15, 0.2) is 0 Å². The minimum absolute atomic E-state index is 0.0154. The third-order valence-electron chi connectivity index (χ3n) is 9.50. The number of carbonyl (C=O) groups is 3. The van der Waals surface area contributed by atoms with Gasteiger partial charge in [0.25, 0.3) is 0 Å². The first kappa shape index (κ1) is 45.4. The van der Waals surface area contributed by atoms with Crippen LogP contribution in [0.2, 0.25) is 0 Å². The molecule has 0 rings (SSSR count). The zero-order valence-electron chi connectivity index (χ0n) is 31.9. The number of unbranched alkanes of at least 4 members (excludes halogenated alkanes) is 16. The van der Waals surface area contributed by atoms with Crippen molar-refractivity contribution in [3.05, 3.63) is 0 Å². The molecule has 0 bridgehead atoms. The lowest BCUT2D eigenvalue weighted by Crippen LogP contribution is -2.80. The van der Waals surface area contributed by atoms with E-state index in [9.17, 15) is 14.4 Å². The molecule has 7 nitrogen and oxygen atoms in total. The van der Waals surface area contributed by atoms with Crippen LogP contribution in [0.5, 0.6) is 0 Å². The smallest absolute Gasteiger partial charge is 0.308 e. The van der Waals surface area contributed by atoms with Gasteiger partial charge in [-0.15, -0.1) is 0 Å². The quantitative estimate of drug-likeness (QED) is 0.0538. The number of rotatable bonds is 35. The molecule has 0 saturated heterocycles. The number of ether oxygens (including phenoxy) is 2. The van der Waals surface area contributed by atoms with Crippen molar-refractivity contribution >= 4 is 17.8 Å². The predicted molar refractivity (Wildman–Crippen MR) is 196 cm³/mol. The highest BCUT2D eigenvalue weighted by molar-refractivity contribution is 5.76. The molecule has 0 fully saturated rings. The molecule has 0 saturated carbocycles. The Labute approximate surface area is 291 Å². The van der Waals surface area contributed by atoms with Crippen molar-refractivity contribution in [2.75, 3.05) is 39.9 Å². The Hall–Kier alpha value is -1.63. The molecule has 0 aliphatic heterocycles. The molecular weight excluding hydrogens is 588 g/mol. The monoisotopic (exact) mass is 668 g/mol. The summed E-state index contributed by atoms with van der Waals surface area (Å²) in [4.78, 5) is 41.1. The van der Waals surface area contributed by atoms with Crippen molar-refractivity contribution in [3.8, 4) is 0 Å². The molecule has 1 amide bonds. The van der Waals surface area contributed by atoms with Crippen molar-refractivity contribution in [1.82, 2.24) is 4.90 Å². The van der Waals surface area contributed by atoms with Crippen LogP contribution >= 0.6 is 0 Å². The second-order valence-electron chi connectivity index (χ2n) is 13.9. The van der Waals surface area contributed by atoms with Crippen LogP contribution in [0.4, 0.5) is 0 Å². The van der Waals surface area contributed by atoms with Gasteiger partial charge in [0.1, 0.15) is 13.2 Å². The number of hydrogen-bond acceptors (Lipinski definition) is 5. The summed E-state index contributed by atoms with van der Waals surface area (Å²) >= 11 is 0. The second kappa shape index (κ2) is 34.2. The number of carbonyl (C=O) groups excluding carboxylic acids is 3. The molecule has 0 spiro atoms. The van der Waals surface area contributed by atoms with Crippen LogP contribution in [0.25, 0.3) is 0 Å². The van der Waals surface area contributed by atoms with Gasteiger partial charge in [0.05, 0.1) is 44.9 Å². The highest BCUT2D eigenvalue weighted by Gasteiger charge is 2.23. The standard InChI is InChI=1S/C40H78N2O5/c1-6-10-14-18-20-24-28-36(26-22-16-12-8-3)39(44)46-34-32-42(38(43)30-31-41-5)33-35-47-40(45)37(27-23-17-13-9-4)29-25-21-19-15-11-7-2/h36-37,41H,6-35H2,1-5H3/p+1. The maximum Gasteiger partial charge on any atom is 0.308 e. The van der Waals surface area contributed by atoms with Gasteiger partial charge in [-0.25, -0.2) is 0 Å². The molecule has 2 atom stereocenters. The largest absolute Gasteiger partial charge is 0.464 e. The van der Waals surface area contributed by atoms with Crippen molar-refractivity contribution in [2.24, 2.45) is 11.8 Å². The van der Waals surface area contributed by atoms with Crippen LogP contribution in [-0.2, 0) is 23.9 Å². The fourth-order valence-corrected chi connectivity index (χ4v) is 6.27. The van der Waals surface area contributed by atoms with Crippen LogP contribution in [0, 0.1) is 11.8 Å². The van der Waals surface area contributed by atoms with Crippen LogP contribution in [0.3, 0.4) is 0 Å². The molecule has 0 aliphatic rings. The lowest BCUT2D eigenvalue weighted by atomic mass is 9.94. The van der Waals surface area contributed by atoms with E-state index in [1.165, 1.54) is 89.9 Å². The Balaban J connectivity index is 5.01. The van der Waals surface area contributed by atoms with E-state index in [0.717, 1.165) is 64.2 Å². The summed E-state index contributed by atoms with van der Waals surface area (Å²) in [7, 11) is 1.95. The summed E-state index contributed by atoms with van der Waals surface area (Å²) in [6, 6.07) is 0. The molecule has 278 valence electrons. The highest BCUT2D eigenvalue weighted by Crippen LogP contribution is 2.22. The van der Waals surface area contributed by atoms with Crippen molar-refractivity contribution in [1.29, 1.82) is 0 Å². The van der Waals surface area contributed by atoms with E-state index in [-0.39, 0.29) is 42.9 Å². The van der Waals surface area contributed by atoms with Gasteiger partial charge in [-0.05, 0) is 25.7 Å². The maximum absolute atomic E-state index is 13.2. The number of nitrogens with zero attached hydrogens (tertiary/aromatic N) is 1. The average Bonchev–Trinajstić information content (AvgIpc) is 3.07. The van der Waals surface area contributed by atoms with Crippen molar-refractivity contribution in [3.63, 3.8) is 0 Å². The van der Waals surface area contributed by atoms with Gasteiger partial charge in [0.15, 0.2) is 0 Å². The summed E-state index contributed by atoms with van der Waals surface area (Å²) in [5.41, 5.74) is 0. The summed E-state index contributed by atoms with van der Waals surface area (Å²) in [6.45, 7) is 10.6. The molecule has 0 aliphatic carbocycles. The SMILES string of the molecule is CCCCCCCCC(CCCCCC)C(=O)OCCN(CCOC(=O)C(CCCCCC)CCCCCCCC)C(=O)CC[NH2+]C. The molecule has 0 aromatic carbocycles. The number of esters is 2. The summed E-state index contributed by atoms with van der Waals surface area (Å²) < 4.78 is 11.6. The minimum Gasteiger partial charge on any atom is -0.464 e. The molecule has 0 aromatic rings. The Bertz CT molecular complexity index is 681. The summed E-state index contributed by atoms with van der Waals surface area (Å²) in [6.07, 6.45) is 27.7. The first-order chi connectivity index (χ1) is 22.9. The van der Waals surface area contributed by atoms with Gasteiger partial charge in [-0.3, -0.25) is 14.4 Å². The minimum atomic E-state index is -0.114. The number of nitrogens with two attached hydrogens (primary N) is 1. The van der Waals surface area contributed by atoms with Crippen LogP contribution < -0.4 is 5.32 Å². The fourth-order valence-electron chi connectivity index (χ4n) is 6.27. The third kappa shape index (κ3) is 26.9. The molecule has 7 heteroatoms. The van der Waals surface area contributed by atoms with E-state index in [4.69, 9.17) is 9.47 Å². The molecule has 2 N–H and O–H groups in total. The third-order valence-corrected chi connectivity index (χ3v) is 9.50. The first-order valence-corrected chi connectivity index (χ1v) is 20.3. The van der Waals surface area contributed by atoms with E-state index in [2.05, 4.69) is 27.7 Å². The van der Waals surface area contributed by atoms with Gasteiger partial charge >= 0.3 is 11.9 Å². The van der Waals surface area contributed by atoms with Gasteiger partial charge in [-0.2, -0.15) is 0 Å². The zero-order chi connectivity index (χ0) is 34.8. The molecule has 0 aromatic heterocycles. The molecule has 2 unspecified atom stereocenters. The zero-order valence-corrected chi connectivity index (χ0v) is 31.9. The van der Waals surface area contributed by atoms with Crippen molar-refractivity contribution < 1.29 is 29.2 Å². The normalized spacial score (nSPS) is 12.5.